The maximum absolute atomic E-state index is 13.5. The number of hydrogen-bond donors (Lipinski definition) is 3. The molecule has 0 aromatic carbocycles. The van der Waals surface area contributed by atoms with Crippen molar-refractivity contribution in [1.29, 1.82) is 0 Å². The van der Waals surface area contributed by atoms with E-state index in [2.05, 4.69) is 15.6 Å². The number of anilines is 2. The molecule has 1 heterocycles. The highest BCUT2D eigenvalue weighted by atomic mass is 19.1. The van der Waals surface area contributed by atoms with Crippen LogP contribution < -0.4 is 16.4 Å². The topological polar surface area (TPSA) is 80.0 Å². The van der Waals surface area contributed by atoms with E-state index < -0.39 is 11.6 Å². The normalized spacial score (nSPS) is 10.3. The van der Waals surface area contributed by atoms with Crippen LogP contribution in [-0.2, 0) is 4.79 Å². The van der Waals surface area contributed by atoms with Crippen molar-refractivity contribution in [2.75, 3.05) is 23.7 Å². The first kappa shape index (κ1) is 16.1. The third kappa shape index (κ3) is 5.38. The number of carbonyl (C=O) groups is 1. The third-order valence-corrected chi connectivity index (χ3v) is 2.61. The van der Waals surface area contributed by atoms with E-state index in [4.69, 9.17) is 5.73 Å². The van der Waals surface area contributed by atoms with Crippen LogP contribution in [0.2, 0.25) is 0 Å². The van der Waals surface area contributed by atoms with Gasteiger partial charge in [-0.1, -0.05) is 6.92 Å². The minimum atomic E-state index is -0.737. The van der Waals surface area contributed by atoms with E-state index in [1.807, 2.05) is 6.92 Å². The lowest BCUT2D eigenvalue weighted by molar-refractivity contribution is -0.118. The number of primary amides is 1. The fourth-order valence-corrected chi connectivity index (χ4v) is 1.59. The number of amides is 1. The van der Waals surface area contributed by atoms with Crippen LogP contribution in [-0.4, -0.2) is 24.0 Å². The first-order valence-corrected chi connectivity index (χ1v) is 6.66. The summed E-state index contributed by atoms with van der Waals surface area (Å²) in [6.45, 7) is 2.94. The highest BCUT2D eigenvalue weighted by molar-refractivity contribution is 5.73. The number of aromatic nitrogens is 1. The van der Waals surface area contributed by atoms with E-state index in [0.717, 1.165) is 12.5 Å². The molecule has 0 bridgehead atoms. The zero-order valence-electron chi connectivity index (χ0n) is 11.5. The van der Waals surface area contributed by atoms with Crippen molar-refractivity contribution in [1.82, 2.24) is 4.98 Å². The summed E-state index contributed by atoms with van der Waals surface area (Å²) in [5.41, 5.74) is 5.01. The SMILES string of the molecule is CCCNc1nc(NCCCCC(N)=O)c(F)cc1F. The van der Waals surface area contributed by atoms with Crippen LogP contribution in [0, 0.1) is 11.6 Å². The van der Waals surface area contributed by atoms with Gasteiger partial charge in [-0.05, 0) is 19.3 Å². The number of rotatable bonds is 9. The molecular weight excluding hydrogens is 266 g/mol. The van der Waals surface area contributed by atoms with E-state index in [1.54, 1.807) is 0 Å². The second-order valence-electron chi connectivity index (χ2n) is 4.43. The van der Waals surface area contributed by atoms with Crippen molar-refractivity contribution >= 4 is 17.5 Å². The Hall–Kier alpha value is -1.92. The van der Waals surface area contributed by atoms with E-state index in [1.165, 1.54) is 0 Å². The van der Waals surface area contributed by atoms with Crippen LogP contribution in [0.1, 0.15) is 32.6 Å². The summed E-state index contributed by atoms with van der Waals surface area (Å²) < 4.78 is 27.0. The van der Waals surface area contributed by atoms with Crippen molar-refractivity contribution in [3.63, 3.8) is 0 Å². The molecule has 4 N–H and O–H groups in total. The average Bonchev–Trinajstić information content (AvgIpc) is 2.39. The molecule has 0 aliphatic rings. The summed E-state index contributed by atoms with van der Waals surface area (Å²) in [4.78, 5) is 14.4. The lowest BCUT2D eigenvalue weighted by atomic mass is 10.2. The summed E-state index contributed by atoms with van der Waals surface area (Å²) in [6, 6.07) is 0.802. The van der Waals surface area contributed by atoms with Crippen molar-refractivity contribution in [3.05, 3.63) is 17.7 Å². The van der Waals surface area contributed by atoms with Crippen molar-refractivity contribution in [2.45, 2.75) is 32.6 Å². The number of nitrogens with zero attached hydrogens (tertiary/aromatic N) is 1. The molecule has 0 fully saturated rings. The Bertz CT molecular complexity index is 454. The summed E-state index contributed by atoms with van der Waals surface area (Å²) in [5.74, 6) is -1.77. The molecule has 0 atom stereocenters. The van der Waals surface area contributed by atoms with Crippen molar-refractivity contribution in [2.24, 2.45) is 5.73 Å². The Balaban J connectivity index is 2.53. The smallest absolute Gasteiger partial charge is 0.217 e. The molecule has 0 aliphatic heterocycles. The number of nitrogens with one attached hydrogen (secondary N) is 2. The first-order valence-electron chi connectivity index (χ1n) is 6.66. The molecule has 0 spiro atoms. The van der Waals surface area contributed by atoms with Gasteiger partial charge in [0.05, 0.1) is 0 Å². The molecule has 20 heavy (non-hydrogen) atoms. The Morgan fingerprint density at radius 3 is 2.35 bits per heavy atom. The van der Waals surface area contributed by atoms with Crippen LogP contribution in [0.5, 0.6) is 0 Å². The Morgan fingerprint density at radius 2 is 1.80 bits per heavy atom. The number of nitrogens with two attached hydrogens (primary N) is 1. The van der Waals surface area contributed by atoms with Gasteiger partial charge in [-0.2, -0.15) is 0 Å². The highest BCUT2D eigenvalue weighted by Gasteiger charge is 2.11. The highest BCUT2D eigenvalue weighted by Crippen LogP contribution is 2.19. The fourth-order valence-electron chi connectivity index (χ4n) is 1.59. The Morgan fingerprint density at radius 1 is 1.20 bits per heavy atom. The molecule has 1 rings (SSSR count). The van der Waals surface area contributed by atoms with E-state index in [9.17, 15) is 13.6 Å². The number of pyridine rings is 1. The summed E-state index contributed by atoms with van der Waals surface area (Å²) >= 11 is 0. The number of halogens is 2. The Labute approximate surface area is 117 Å². The maximum atomic E-state index is 13.5. The minimum Gasteiger partial charge on any atom is -0.370 e. The molecule has 0 radical (unpaired) electrons. The maximum Gasteiger partial charge on any atom is 0.217 e. The molecule has 0 saturated heterocycles. The second kappa shape index (κ2) is 8.29. The lowest BCUT2D eigenvalue weighted by Crippen LogP contribution is -2.12. The summed E-state index contributed by atoms with van der Waals surface area (Å²) in [6.07, 6.45) is 2.38. The van der Waals surface area contributed by atoms with Gasteiger partial charge in [0, 0.05) is 25.6 Å². The van der Waals surface area contributed by atoms with Crippen LogP contribution in [0.4, 0.5) is 20.4 Å². The average molecular weight is 286 g/mol. The zero-order chi connectivity index (χ0) is 15.0. The molecule has 1 aromatic rings. The van der Waals surface area contributed by atoms with Gasteiger partial charge in [0.2, 0.25) is 5.91 Å². The van der Waals surface area contributed by atoms with Gasteiger partial charge in [0.15, 0.2) is 23.3 Å². The van der Waals surface area contributed by atoms with Gasteiger partial charge >= 0.3 is 0 Å². The van der Waals surface area contributed by atoms with Gasteiger partial charge in [0.25, 0.3) is 0 Å². The molecular formula is C13H20F2N4O. The zero-order valence-corrected chi connectivity index (χ0v) is 11.5. The van der Waals surface area contributed by atoms with Gasteiger partial charge in [-0.3, -0.25) is 4.79 Å². The van der Waals surface area contributed by atoms with E-state index in [0.29, 0.717) is 32.4 Å². The lowest BCUT2D eigenvalue weighted by Gasteiger charge is -2.10. The van der Waals surface area contributed by atoms with Gasteiger partial charge in [0.1, 0.15) is 0 Å². The van der Waals surface area contributed by atoms with Crippen LogP contribution >= 0.6 is 0 Å². The van der Waals surface area contributed by atoms with Crippen molar-refractivity contribution in [3.8, 4) is 0 Å². The predicted molar refractivity (Wildman–Crippen MR) is 74.5 cm³/mol. The molecule has 7 heteroatoms. The summed E-state index contributed by atoms with van der Waals surface area (Å²) in [5, 5.41) is 5.58. The van der Waals surface area contributed by atoms with E-state index in [-0.39, 0.29) is 17.5 Å². The molecule has 0 unspecified atom stereocenters. The molecule has 5 nitrogen and oxygen atoms in total. The minimum absolute atomic E-state index is 0.00378. The Kier molecular flexibility index (Phi) is 6.69. The number of hydrogen-bond acceptors (Lipinski definition) is 4. The second-order valence-corrected chi connectivity index (χ2v) is 4.43. The largest absolute Gasteiger partial charge is 0.370 e. The standard InChI is InChI=1S/C13H20F2N4O/c1-2-6-17-12-9(14)8-10(15)13(19-12)18-7-4-3-5-11(16)20/h8H,2-7H2,1H3,(H2,16,20)(H2,17,18,19). The van der Waals surface area contributed by atoms with Crippen LogP contribution in [0.3, 0.4) is 0 Å². The number of unbranched alkanes of at least 4 members (excludes halogenated alkanes) is 1. The molecule has 0 aliphatic carbocycles. The molecule has 1 aromatic heterocycles. The monoisotopic (exact) mass is 286 g/mol. The molecule has 0 saturated carbocycles. The first-order chi connectivity index (χ1) is 9.54. The van der Waals surface area contributed by atoms with Gasteiger partial charge in [-0.15, -0.1) is 0 Å². The predicted octanol–water partition coefficient (Wildman–Crippen LogP) is 2.25. The summed E-state index contributed by atoms with van der Waals surface area (Å²) in [7, 11) is 0. The third-order valence-electron chi connectivity index (χ3n) is 2.61. The van der Waals surface area contributed by atoms with Crippen LogP contribution in [0.25, 0.3) is 0 Å². The van der Waals surface area contributed by atoms with Gasteiger partial charge < -0.3 is 16.4 Å². The van der Waals surface area contributed by atoms with E-state index >= 15 is 0 Å². The van der Waals surface area contributed by atoms with Crippen LogP contribution in [0.15, 0.2) is 6.07 Å². The molecule has 112 valence electrons. The molecule has 1 amide bonds. The number of carbonyl (C=O) groups excluding carboxylic acids is 1. The quantitative estimate of drug-likeness (QED) is 0.608. The van der Waals surface area contributed by atoms with Gasteiger partial charge in [-0.25, -0.2) is 13.8 Å². The van der Waals surface area contributed by atoms with Crippen molar-refractivity contribution < 1.29 is 13.6 Å². The fraction of sp³-hybridized carbons (Fsp3) is 0.538.